The van der Waals surface area contributed by atoms with Crippen LogP contribution in [-0.2, 0) is 16.1 Å². The number of carbonyl (C=O) groups is 2. The summed E-state index contributed by atoms with van der Waals surface area (Å²) in [4.78, 5) is 24.6. The van der Waals surface area contributed by atoms with Gasteiger partial charge in [-0.2, -0.15) is 5.26 Å². The minimum Gasteiger partial charge on any atom is -0.488 e. The molecular weight excluding hydrogens is 423 g/mol. The summed E-state index contributed by atoms with van der Waals surface area (Å²) in [5.74, 6) is -1.47. The molecule has 0 heterocycles. The zero-order valence-electron chi connectivity index (χ0n) is 16.1. The summed E-state index contributed by atoms with van der Waals surface area (Å²) in [6.07, 6.45) is 0. The standard InChI is InChI=1S/C23H16ClFN2O4/c24-17-8-7-16(12-26)20(11-17)27-22(28)14-31-23(29)19-3-1-2-4-21(19)30-13-15-5-9-18(25)10-6-15/h1-11H,13-14H2,(H,27,28). The second-order valence-corrected chi connectivity index (χ2v) is 6.77. The van der Waals surface area contributed by atoms with Crippen molar-refractivity contribution >= 4 is 29.2 Å². The monoisotopic (exact) mass is 438 g/mol. The van der Waals surface area contributed by atoms with E-state index in [9.17, 15) is 14.0 Å². The Labute approximate surface area is 182 Å². The van der Waals surface area contributed by atoms with Crippen LogP contribution in [0.1, 0.15) is 21.5 Å². The van der Waals surface area contributed by atoms with Gasteiger partial charge in [0.05, 0.1) is 11.3 Å². The molecule has 1 amide bonds. The number of amides is 1. The number of nitrogens with one attached hydrogen (secondary N) is 1. The van der Waals surface area contributed by atoms with Crippen LogP contribution in [0.3, 0.4) is 0 Å². The van der Waals surface area contributed by atoms with Crippen molar-refractivity contribution in [3.05, 3.63) is 94.3 Å². The molecule has 6 nitrogen and oxygen atoms in total. The van der Waals surface area contributed by atoms with Crippen molar-refractivity contribution in [1.29, 1.82) is 5.26 Å². The molecule has 1 N–H and O–H groups in total. The van der Waals surface area contributed by atoms with Gasteiger partial charge in [0.25, 0.3) is 5.91 Å². The van der Waals surface area contributed by atoms with E-state index in [0.717, 1.165) is 5.56 Å². The smallest absolute Gasteiger partial charge is 0.342 e. The molecule has 156 valence electrons. The fraction of sp³-hybridized carbons (Fsp3) is 0.0870. The molecule has 31 heavy (non-hydrogen) atoms. The van der Waals surface area contributed by atoms with E-state index in [0.29, 0.717) is 5.02 Å². The predicted molar refractivity (Wildman–Crippen MR) is 112 cm³/mol. The molecule has 3 aromatic carbocycles. The van der Waals surface area contributed by atoms with Crippen molar-refractivity contribution in [2.75, 3.05) is 11.9 Å². The average molecular weight is 439 g/mol. The molecule has 0 saturated heterocycles. The fourth-order valence-electron chi connectivity index (χ4n) is 2.62. The van der Waals surface area contributed by atoms with Gasteiger partial charge >= 0.3 is 5.97 Å². The molecule has 3 aromatic rings. The first-order chi connectivity index (χ1) is 15.0. The molecule has 0 aliphatic carbocycles. The van der Waals surface area contributed by atoms with E-state index in [1.165, 1.54) is 36.4 Å². The first kappa shape index (κ1) is 21.8. The van der Waals surface area contributed by atoms with E-state index in [1.807, 2.05) is 6.07 Å². The first-order valence-electron chi connectivity index (χ1n) is 9.09. The molecule has 0 saturated carbocycles. The third-order valence-corrected chi connectivity index (χ3v) is 4.36. The summed E-state index contributed by atoms with van der Waals surface area (Å²) in [5.41, 5.74) is 1.30. The number of carbonyl (C=O) groups excluding carboxylic acids is 2. The second kappa shape index (κ2) is 10.2. The number of benzene rings is 3. The Morgan fingerprint density at radius 3 is 2.55 bits per heavy atom. The van der Waals surface area contributed by atoms with Crippen molar-refractivity contribution in [1.82, 2.24) is 0 Å². The number of nitriles is 1. The molecule has 0 aliphatic rings. The van der Waals surface area contributed by atoms with E-state index < -0.39 is 18.5 Å². The molecule has 0 unspecified atom stereocenters. The summed E-state index contributed by atoms with van der Waals surface area (Å²) in [5, 5.41) is 11.9. The maximum absolute atomic E-state index is 13.0. The Morgan fingerprint density at radius 1 is 1.06 bits per heavy atom. The number of anilines is 1. The molecule has 0 bridgehead atoms. The van der Waals surface area contributed by atoms with E-state index in [-0.39, 0.29) is 35.0 Å². The Morgan fingerprint density at radius 2 is 1.81 bits per heavy atom. The molecule has 0 radical (unpaired) electrons. The number of hydrogen-bond acceptors (Lipinski definition) is 5. The molecule has 0 aromatic heterocycles. The largest absolute Gasteiger partial charge is 0.488 e. The number of para-hydroxylation sites is 1. The maximum Gasteiger partial charge on any atom is 0.342 e. The predicted octanol–water partition coefficient (Wildman–Crippen LogP) is 4.73. The fourth-order valence-corrected chi connectivity index (χ4v) is 2.79. The highest BCUT2D eigenvalue weighted by atomic mass is 35.5. The summed E-state index contributed by atoms with van der Waals surface area (Å²) in [7, 11) is 0. The van der Waals surface area contributed by atoms with Crippen LogP contribution < -0.4 is 10.1 Å². The van der Waals surface area contributed by atoms with Gasteiger partial charge in [-0.1, -0.05) is 35.9 Å². The number of ether oxygens (including phenoxy) is 2. The molecule has 0 spiro atoms. The van der Waals surface area contributed by atoms with Crippen LogP contribution >= 0.6 is 11.6 Å². The molecule has 3 rings (SSSR count). The highest BCUT2D eigenvalue weighted by Crippen LogP contribution is 2.22. The lowest BCUT2D eigenvalue weighted by Crippen LogP contribution is -2.21. The Kier molecular flexibility index (Phi) is 7.20. The quantitative estimate of drug-likeness (QED) is 0.539. The number of hydrogen-bond donors (Lipinski definition) is 1. The van der Waals surface area contributed by atoms with Crippen molar-refractivity contribution in [3.8, 4) is 11.8 Å². The van der Waals surface area contributed by atoms with Crippen LogP contribution in [0, 0.1) is 17.1 Å². The molecular formula is C23H16ClFN2O4. The van der Waals surface area contributed by atoms with Crippen LogP contribution in [0.4, 0.5) is 10.1 Å². The van der Waals surface area contributed by atoms with Gasteiger partial charge in [-0.15, -0.1) is 0 Å². The van der Waals surface area contributed by atoms with Crippen LogP contribution in [-0.4, -0.2) is 18.5 Å². The third-order valence-electron chi connectivity index (χ3n) is 4.13. The van der Waals surface area contributed by atoms with E-state index >= 15 is 0 Å². The van der Waals surface area contributed by atoms with Gasteiger partial charge in [0.1, 0.15) is 29.8 Å². The Balaban J connectivity index is 1.60. The maximum atomic E-state index is 13.0. The van der Waals surface area contributed by atoms with Gasteiger partial charge in [0.15, 0.2) is 6.61 Å². The summed E-state index contributed by atoms with van der Waals surface area (Å²) >= 11 is 5.89. The third kappa shape index (κ3) is 6.04. The molecule has 8 heteroatoms. The summed E-state index contributed by atoms with van der Waals surface area (Å²) in [6, 6.07) is 18.6. The minimum absolute atomic E-state index is 0.122. The second-order valence-electron chi connectivity index (χ2n) is 6.34. The van der Waals surface area contributed by atoms with Crippen molar-refractivity contribution < 1.29 is 23.5 Å². The molecule has 0 fully saturated rings. The molecule has 0 aliphatic heterocycles. The average Bonchev–Trinajstić information content (AvgIpc) is 2.77. The lowest BCUT2D eigenvalue weighted by atomic mass is 10.2. The highest BCUT2D eigenvalue weighted by Gasteiger charge is 2.16. The topological polar surface area (TPSA) is 88.4 Å². The zero-order valence-corrected chi connectivity index (χ0v) is 16.9. The van der Waals surface area contributed by atoms with Gasteiger partial charge in [-0.25, -0.2) is 9.18 Å². The van der Waals surface area contributed by atoms with E-state index in [2.05, 4.69) is 5.32 Å². The zero-order chi connectivity index (χ0) is 22.2. The Bertz CT molecular complexity index is 1140. The number of rotatable bonds is 7. The lowest BCUT2D eigenvalue weighted by Gasteiger charge is -2.12. The van der Waals surface area contributed by atoms with Crippen molar-refractivity contribution in [3.63, 3.8) is 0 Å². The SMILES string of the molecule is N#Cc1ccc(Cl)cc1NC(=O)COC(=O)c1ccccc1OCc1ccc(F)cc1. The number of esters is 1. The normalized spacial score (nSPS) is 10.1. The minimum atomic E-state index is -0.753. The van der Waals surface area contributed by atoms with Crippen molar-refractivity contribution in [2.24, 2.45) is 0 Å². The van der Waals surface area contributed by atoms with E-state index in [4.69, 9.17) is 26.3 Å². The van der Waals surface area contributed by atoms with Crippen molar-refractivity contribution in [2.45, 2.75) is 6.61 Å². The van der Waals surface area contributed by atoms with Gasteiger partial charge in [0, 0.05) is 5.02 Å². The number of nitrogens with zero attached hydrogens (tertiary/aromatic N) is 1. The van der Waals surface area contributed by atoms with E-state index in [1.54, 1.807) is 30.3 Å². The summed E-state index contributed by atoms with van der Waals surface area (Å²) < 4.78 is 23.7. The highest BCUT2D eigenvalue weighted by molar-refractivity contribution is 6.31. The van der Waals surface area contributed by atoms with Crippen LogP contribution in [0.25, 0.3) is 0 Å². The lowest BCUT2D eigenvalue weighted by molar-refractivity contribution is -0.119. The summed E-state index contributed by atoms with van der Waals surface area (Å²) in [6.45, 7) is -0.445. The van der Waals surface area contributed by atoms with Gasteiger partial charge in [0.2, 0.25) is 0 Å². The number of halogens is 2. The van der Waals surface area contributed by atoms with Gasteiger partial charge in [-0.05, 0) is 48.0 Å². The Hall–Kier alpha value is -3.89. The van der Waals surface area contributed by atoms with Gasteiger partial charge < -0.3 is 14.8 Å². The molecule has 0 atom stereocenters. The van der Waals surface area contributed by atoms with Crippen LogP contribution in [0.5, 0.6) is 5.75 Å². The van der Waals surface area contributed by atoms with Crippen LogP contribution in [0.15, 0.2) is 66.7 Å². The first-order valence-corrected chi connectivity index (χ1v) is 9.47. The van der Waals surface area contributed by atoms with Gasteiger partial charge in [-0.3, -0.25) is 4.79 Å². The van der Waals surface area contributed by atoms with Crippen LogP contribution in [0.2, 0.25) is 5.02 Å².